The second-order valence-electron chi connectivity index (χ2n) is 4.00. The molecule has 0 radical (unpaired) electrons. The minimum absolute atomic E-state index is 0.0319. The summed E-state index contributed by atoms with van der Waals surface area (Å²) in [6, 6.07) is 4.15. The first-order valence-electron chi connectivity index (χ1n) is 5.51. The van der Waals surface area contributed by atoms with Gasteiger partial charge in [-0.1, -0.05) is 17.7 Å². The Balaban J connectivity index is 2.46. The molecule has 0 fully saturated rings. The van der Waals surface area contributed by atoms with Crippen molar-refractivity contribution in [2.75, 3.05) is 11.1 Å². The van der Waals surface area contributed by atoms with E-state index in [1.54, 1.807) is 5.32 Å². The Kier molecular flexibility index (Phi) is 4.04. The van der Waals surface area contributed by atoms with Crippen LogP contribution in [0, 0.1) is 23.3 Å². The summed E-state index contributed by atoms with van der Waals surface area (Å²) in [5, 5.41) is 1.65. The number of carbonyl (C=O) groups excluding carboxylic acids is 1. The van der Waals surface area contributed by atoms with Gasteiger partial charge in [0.1, 0.15) is 5.69 Å². The number of benzene rings is 2. The van der Waals surface area contributed by atoms with Crippen LogP contribution >= 0.6 is 11.6 Å². The lowest BCUT2D eigenvalue weighted by atomic mass is 10.1. The molecule has 8 heteroatoms. The molecule has 0 spiro atoms. The summed E-state index contributed by atoms with van der Waals surface area (Å²) >= 11 is 5.76. The van der Waals surface area contributed by atoms with Crippen molar-refractivity contribution in [3.05, 3.63) is 58.1 Å². The van der Waals surface area contributed by atoms with E-state index < -0.39 is 34.9 Å². The highest BCUT2D eigenvalue weighted by Gasteiger charge is 2.23. The maximum atomic E-state index is 13.5. The highest BCUT2D eigenvalue weighted by atomic mass is 35.5. The average Bonchev–Trinajstić information content (AvgIpc) is 2.41. The van der Waals surface area contributed by atoms with E-state index in [1.807, 2.05) is 0 Å². The summed E-state index contributed by atoms with van der Waals surface area (Å²) in [7, 11) is 0. The molecule has 2 aromatic carbocycles. The van der Waals surface area contributed by atoms with Crippen molar-refractivity contribution in [1.82, 2.24) is 0 Å². The molecule has 0 unspecified atom stereocenters. The SMILES string of the molecule is Nc1cccc(Cl)c1C(=O)Nc1c(F)c(F)cc(F)c1F. The fourth-order valence-electron chi connectivity index (χ4n) is 1.64. The number of hydrogen-bond acceptors (Lipinski definition) is 2. The number of anilines is 2. The van der Waals surface area contributed by atoms with Crippen LogP contribution in [0.2, 0.25) is 5.02 Å². The lowest BCUT2D eigenvalue weighted by Gasteiger charge is -2.11. The van der Waals surface area contributed by atoms with Gasteiger partial charge in [0.05, 0.1) is 10.6 Å². The summed E-state index contributed by atoms with van der Waals surface area (Å²) in [5.74, 6) is -7.84. The summed E-state index contributed by atoms with van der Waals surface area (Å²) in [5.41, 5.74) is 3.96. The third-order valence-corrected chi connectivity index (χ3v) is 2.94. The molecule has 0 saturated carbocycles. The molecule has 0 heterocycles. The fourth-order valence-corrected chi connectivity index (χ4v) is 1.91. The molecule has 0 aliphatic rings. The Hall–Kier alpha value is -2.28. The monoisotopic (exact) mass is 318 g/mol. The van der Waals surface area contributed by atoms with Gasteiger partial charge in [-0.25, -0.2) is 17.6 Å². The first kappa shape index (κ1) is 15.1. The number of amides is 1. The fraction of sp³-hybridized carbons (Fsp3) is 0. The van der Waals surface area contributed by atoms with Crippen molar-refractivity contribution in [3.8, 4) is 0 Å². The van der Waals surface area contributed by atoms with Crippen LogP contribution in [0.5, 0.6) is 0 Å². The van der Waals surface area contributed by atoms with Gasteiger partial charge in [-0.05, 0) is 12.1 Å². The van der Waals surface area contributed by atoms with Gasteiger partial charge in [0.2, 0.25) is 0 Å². The predicted molar refractivity (Wildman–Crippen MR) is 70.1 cm³/mol. The van der Waals surface area contributed by atoms with Crippen molar-refractivity contribution in [2.24, 2.45) is 0 Å². The number of nitrogen functional groups attached to an aromatic ring is 1. The number of nitrogens with one attached hydrogen (secondary N) is 1. The van der Waals surface area contributed by atoms with Crippen LogP contribution in [-0.2, 0) is 0 Å². The van der Waals surface area contributed by atoms with Gasteiger partial charge in [-0.15, -0.1) is 0 Å². The number of nitrogens with two attached hydrogens (primary N) is 1. The maximum Gasteiger partial charge on any atom is 0.259 e. The molecule has 0 aliphatic carbocycles. The van der Waals surface area contributed by atoms with Crippen molar-refractivity contribution in [1.29, 1.82) is 0 Å². The molecule has 0 atom stereocenters. The van der Waals surface area contributed by atoms with E-state index in [9.17, 15) is 22.4 Å². The Morgan fingerprint density at radius 2 is 1.67 bits per heavy atom. The largest absolute Gasteiger partial charge is 0.398 e. The summed E-state index contributed by atoms with van der Waals surface area (Å²) in [6.45, 7) is 0. The van der Waals surface area contributed by atoms with Crippen LogP contribution in [0.3, 0.4) is 0 Å². The van der Waals surface area contributed by atoms with Crippen LogP contribution in [0.25, 0.3) is 0 Å². The summed E-state index contributed by atoms with van der Waals surface area (Å²) < 4.78 is 53.0. The van der Waals surface area contributed by atoms with Gasteiger partial charge >= 0.3 is 0 Å². The van der Waals surface area contributed by atoms with E-state index in [0.717, 1.165) is 0 Å². The standard InChI is InChI=1S/C13H7ClF4N2O/c14-5-2-1-3-8(19)9(5)13(21)20-12-10(17)6(15)4-7(16)11(12)18/h1-4H,19H2,(H,20,21). The Bertz CT molecular complexity index is 690. The minimum atomic E-state index is -1.73. The predicted octanol–water partition coefficient (Wildman–Crippen LogP) is 3.73. The number of carbonyl (C=O) groups is 1. The lowest BCUT2D eigenvalue weighted by molar-refractivity contribution is 0.102. The number of halogens is 5. The highest BCUT2D eigenvalue weighted by Crippen LogP contribution is 2.27. The normalized spacial score (nSPS) is 10.5. The zero-order valence-electron chi connectivity index (χ0n) is 10.2. The first-order valence-corrected chi connectivity index (χ1v) is 5.89. The molecule has 110 valence electrons. The third kappa shape index (κ3) is 2.78. The van der Waals surface area contributed by atoms with Crippen molar-refractivity contribution >= 4 is 28.9 Å². The van der Waals surface area contributed by atoms with E-state index in [2.05, 4.69) is 0 Å². The molecule has 0 saturated heterocycles. The minimum Gasteiger partial charge on any atom is -0.398 e. The van der Waals surface area contributed by atoms with Gasteiger partial charge in [0.15, 0.2) is 23.3 Å². The molecule has 2 aromatic rings. The lowest BCUT2D eigenvalue weighted by Crippen LogP contribution is -2.17. The molecule has 1 amide bonds. The molecule has 21 heavy (non-hydrogen) atoms. The van der Waals surface area contributed by atoms with E-state index in [-0.39, 0.29) is 22.3 Å². The van der Waals surface area contributed by atoms with E-state index in [0.29, 0.717) is 0 Å². The topological polar surface area (TPSA) is 55.1 Å². The van der Waals surface area contributed by atoms with E-state index in [4.69, 9.17) is 17.3 Å². The summed E-state index contributed by atoms with van der Waals surface area (Å²) in [6.07, 6.45) is 0. The maximum absolute atomic E-state index is 13.5. The second kappa shape index (κ2) is 5.61. The van der Waals surface area contributed by atoms with Crippen LogP contribution < -0.4 is 11.1 Å². The van der Waals surface area contributed by atoms with Gasteiger partial charge < -0.3 is 11.1 Å². The number of rotatable bonds is 2. The molecule has 2 rings (SSSR count). The highest BCUT2D eigenvalue weighted by molar-refractivity contribution is 6.35. The van der Waals surface area contributed by atoms with Crippen LogP contribution in [0.1, 0.15) is 10.4 Å². The molecule has 0 bridgehead atoms. The van der Waals surface area contributed by atoms with Crippen molar-refractivity contribution < 1.29 is 22.4 Å². The van der Waals surface area contributed by atoms with Gasteiger partial charge in [-0.3, -0.25) is 4.79 Å². The second-order valence-corrected chi connectivity index (χ2v) is 4.41. The van der Waals surface area contributed by atoms with Gasteiger partial charge in [0, 0.05) is 11.8 Å². The first-order chi connectivity index (χ1) is 9.82. The quantitative estimate of drug-likeness (QED) is 0.503. The van der Waals surface area contributed by atoms with Crippen LogP contribution in [-0.4, -0.2) is 5.91 Å². The zero-order valence-corrected chi connectivity index (χ0v) is 10.9. The average molecular weight is 319 g/mol. The van der Waals surface area contributed by atoms with E-state index in [1.165, 1.54) is 18.2 Å². The van der Waals surface area contributed by atoms with Crippen LogP contribution in [0.4, 0.5) is 28.9 Å². The molecular formula is C13H7ClF4N2O. The zero-order chi connectivity index (χ0) is 15.7. The molecular weight excluding hydrogens is 312 g/mol. The summed E-state index contributed by atoms with van der Waals surface area (Å²) in [4.78, 5) is 11.9. The Labute approximate surface area is 121 Å². The molecule has 3 nitrogen and oxygen atoms in total. The Morgan fingerprint density at radius 1 is 1.10 bits per heavy atom. The van der Waals surface area contributed by atoms with E-state index >= 15 is 0 Å². The number of hydrogen-bond donors (Lipinski definition) is 2. The Morgan fingerprint density at radius 3 is 2.19 bits per heavy atom. The van der Waals surface area contributed by atoms with Crippen molar-refractivity contribution in [2.45, 2.75) is 0 Å². The van der Waals surface area contributed by atoms with Crippen molar-refractivity contribution in [3.63, 3.8) is 0 Å². The molecule has 3 N–H and O–H groups in total. The van der Waals surface area contributed by atoms with Crippen LogP contribution in [0.15, 0.2) is 24.3 Å². The van der Waals surface area contributed by atoms with Gasteiger partial charge in [0.25, 0.3) is 5.91 Å². The molecule has 0 aromatic heterocycles. The molecule has 0 aliphatic heterocycles. The van der Waals surface area contributed by atoms with Gasteiger partial charge in [-0.2, -0.15) is 0 Å². The third-order valence-electron chi connectivity index (χ3n) is 2.62. The smallest absolute Gasteiger partial charge is 0.259 e.